The Kier molecular flexibility index (Phi) is 5.75. The fourth-order valence-corrected chi connectivity index (χ4v) is 3.05. The lowest BCUT2D eigenvalue weighted by Crippen LogP contribution is -2.53. The van der Waals surface area contributed by atoms with Crippen LogP contribution in [0.3, 0.4) is 0 Å². The molecule has 0 saturated carbocycles. The van der Waals surface area contributed by atoms with Crippen LogP contribution in [-0.4, -0.2) is 30.0 Å². The van der Waals surface area contributed by atoms with E-state index in [0.717, 1.165) is 0 Å². The molecule has 1 atom stereocenters. The summed E-state index contributed by atoms with van der Waals surface area (Å²) in [6, 6.07) is 3.98. The molecule has 156 valence electrons. The average Bonchev–Trinajstić information content (AvgIpc) is 3.02. The molecular formula is C21H26FN3O4. The van der Waals surface area contributed by atoms with Crippen molar-refractivity contribution in [1.29, 1.82) is 0 Å². The van der Waals surface area contributed by atoms with E-state index in [0.29, 0.717) is 30.2 Å². The molecule has 0 unspecified atom stereocenters. The number of halogens is 1. The van der Waals surface area contributed by atoms with Gasteiger partial charge in [0.25, 0.3) is 5.91 Å². The fourth-order valence-electron chi connectivity index (χ4n) is 3.05. The Bertz CT molecular complexity index is 934. The number of aromatic nitrogens is 1. The van der Waals surface area contributed by atoms with Crippen molar-refractivity contribution >= 4 is 17.5 Å². The van der Waals surface area contributed by atoms with Crippen molar-refractivity contribution in [1.82, 2.24) is 10.3 Å². The van der Waals surface area contributed by atoms with Crippen LogP contribution in [-0.2, 0) is 9.53 Å². The molecule has 0 radical (unpaired) electrons. The molecule has 0 bridgehead atoms. The van der Waals surface area contributed by atoms with Crippen molar-refractivity contribution in [3.8, 4) is 0 Å². The molecular weight excluding hydrogens is 377 g/mol. The third-order valence-corrected chi connectivity index (χ3v) is 5.15. The van der Waals surface area contributed by atoms with Gasteiger partial charge in [-0.3, -0.25) is 9.59 Å². The average molecular weight is 403 g/mol. The number of nitrogens with one attached hydrogen (secondary N) is 2. The van der Waals surface area contributed by atoms with Gasteiger partial charge in [-0.2, -0.15) is 0 Å². The van der Waals surface area contributed by atoms with Gasteiger partial charge >= 0.3 is 0 Å². The lowest BCUT2D eigenvalue weighted by Gasteiger charge is -2.37. The van der Waals surface area contributed by atoms with E-state index in [-0.39, 0.29) is 23.4 Å². The Morgan fingerprint density at radius 2 is 1.93 bits per heavy atom. The van der Waals surface area contributed by atoms with E-state index in [1.165, 1.54) is 12.1 Å². The normalized spacial score (nSPS) is 16.2. The maximum atomic E-state index is 13.7. The summed E-state index contributed by atoms with van der Waals surface area (Å²) in [5, 5.41) is 5.63. The topological polar surface area (TPSA) is 93.5 Å². The van der Waals surface area contributed by atoms with Crippen LogP contribution < -0.4 is 10.6 Å². The number of hydrogen-bond acceptors (Lipinski definition) is 5. The van der Waals surface area contributed by atoms with E-state index in [4.69, 9.17) is 9.15 Å². The Hall–Kier alpha value is -2.74. The minimum absolute atomic E-state index is 0.0111. The zero-order valence-corrected chi connectivity index (χ0v) is 17.3. The Balaban J connectivity index is 1.80. The molecule has 3 rings (SSSR count). The molecule has 29 heavy (non-hydrogen) atoms. The van der Waals surface area contributed by atoms with Crippen molar-refractivity contribution in [2.24, 2.45) is 11.3 Å². The number of benzene rings is 1. The summed E-state index contributed by atoms with van der Waals surface area (Å²) in [4.78, 5) is 29.6. The van der Waals surface area contributed by atoms with Crippen molar-refractivity contribution in [3.05, 3.63) is 46.9 Å². The third-order valence-electron chi connectivity index (χ3n) is 5.15. The molecule has 7 nitrogen and oxygen atoms in total. The smallest absolute Gasteiger partial charge is 0.277 e. The molecule has 2 N–H and O–H groups in total. The zero-order chi connectivity index (χ0) is 21.3. The molecule has 8 heteroatoms. The van der Waals surface area contributed by atoms with E-state index in [9.17, 15) is 14.0 Å². The second-order valence-corrected chi connectivity index (χ2v) is 8.07. The molecule has 1 aromatic heterocycles. The van der Waals surface area contributed by atoms with Gasteiger partial charge in [-0.15, -0.1) is 0 Å². The highest BCUT2D eigenvalue weighted by Gasteiger charge is 2.42. The van der Waals surface area contributed by atoms with Crippen molar-refractivity contribution < 1.29 is 23.1 Å². The minimum Gasteiger partial charge on any atom is -0.443 e. The summed E-state index contributed by atoms with van der Waals surface area (Å²) in [6.07, 6.45) is 0. The van der Waals surface area contributed by atoms with Gasteiger partial charge in [-0.05, 0) is 38.8 Å². The molecule has 2 amide bonds. The summed E-state index contributed by atoms with van der Waals surface area (Å²) in [5.74, 6) is -0.473. The van der Waals surface area contributed by atoms with Crippen LogP contribution in [0, 0.1) is 31.0 Å². The number of carbonyl (C=O) groups excluding carboxylic acids is 2. The fraction of sp³-hybridized carbons (Fsp3) is 0.476. The summed E-state index contributed by atoms with van der Waals surface area (Å²) >= 11 is 0. The van der Waals surface area contributed by atoms with Gasteiger partial charge in [0.05, 0.1) is 18.6 Å². The number of rotatable bonds is 6. The molecule has 1 aromatic carbocycles. The van der Waals surface area contributed by atoms with E-state index >= 15 is 0 Å². The summed E-state index contributed by atoms with van der Waals surface area (Å²) in [6.45, 7) is 9.65. The van der Waals surface area contributed by atoms with E-state index in [1.807, 2.05) is 20.8 Å². The quantitative estimate of drug-likeness (QED) is 0.770. The highest BCUT2D eigenvalue weighted by molar-refractivity contribution is 6.03. The van der Waals surface area contributed by atoms with Crippen LogP contribution in [0.1, 0.15) is 54.5 Å². The largest absolute Gasteiger partial charge is 0.443 e. The maximum absolute atomic E-state index is 13.7. The number of nitrogens with zero attached hydrogens (tertiary/aromatic N) is 1. The number of anilines is 1. The molecule has 0 aliphatic carbocycles. The van der Waals surface area contributed by atoms with Gasteiger partial charge in [-0.25, -0.2) is 9.37 Å². The second-order valence-electron chi connectivity index (χ2n) is 8.07. The van der Waals surface area contributed by atoms with Gasteiger partial charge in [0, 0.05) is 11.3 Å². The maximum Gasteiger partial charge on any atom is 0.277 e. The molecule has 1 saturated heterocycles. The van der Waals surface area contributed by atoms with Crippen LogP contribution in [0.25, 0.3) is 0 Å². The van der Waals surface area contributed by atoms with Crippen LogP contribution in [0.15, 0.2) is 22.6 Å². The lowest BCUT2D eigenvalue weighted by molar-refractivity contribution is -0.158. The minimum atomic E-state index is -0.566. The Morgan fingerprint density at radius 3 is 2.52 bits per heavy atom. The van der Waals surface area contributed by atoms with Crippen LogP contribution in [0.2, 0.25) is 0 Å². The lowest BCUT2D eigenvalue weighted by atomic mass is 9.87. The first kappa shape index (κ1) is 21.0. The predicted octanol–water partition coefficient (Wildman–Crippen LogP) is 3.53. The van der Waals surface area contributed by atoms with Crippen LogP contribution >= 0.6 is 0 Å². The predicted molar refractivity (Wildman–Crippen MR) is 105 cm³/mol. The first-order valence-corrected chi connectivity index (χ1v) is 9.55. The van der Waals surface area contributed by atoms with Gasteiger partial charge in [0.15, 0.2) is 5.69 Å². The molecule has 2 heterocycles. The van der Waals surface area contributed by atoms with Gasteiger partial charge in [0.1, 0.15) is 17.6 Å². The highest BCUT2D eigenvalue weighted by atomic mass is 19.1. The van der Waals surface area contributed by atoms with Crippen molar-refractivity contribution in [2.45, 2.75) is 40.7 Å². The Morgan fingerprint density at radius 1 is 1.24 bits per heavy atom. The van der Waals surface area contributed by atoms with E-state index < -0.39 is 23.2 Å². The molecule has 0 spiro atoms. The molecule has 1 aliphatic rings. The van der Waals surface area contributed by atoms with E-state index in [1.54, 1.807) is 19.9 Å². The van der Waals surface area contributed by atoms with Gasteiger partial charge in [-0.1, -0.05) is 19.9 Å². The number of oxazole rings is 1. The zero-order valence-electron chi connectivity index (χ0n) is 17.3. The van der Waals surface area contributed by atoms with E-state index in [2.05, 4.69) is 15.6 Å². The number of ether oxygens (including phenoxy) is 1. The number of hydrogen-bond donors (Lipinski definition) is 2. The summed E-state index contributed by atoms with van der Waals surface area (Å²) in [5.41, 5.74) is 0.238. The number of amides is 2. The third kappa shape index (κ3) is 4.17. The van der Waals surface area contributed by atoms with Crippen molar-refractivity contribution in [3.63, 3.8) is 0 Å². The SMILES string of the molecule is Cc1oc([C@@H](NC(=O)C2(C)COC2)C(C)C)nc1C(=O)Nc1cccc(F)c1C. The monoisotopic (exact) mass is 403 g/mol. The molecule has 1 fully saturated rings. The first-order valence-electron chi connectivity index (χ1n) is 9.55. The number of carbonyl (C=O) groups is 2. The molecule has 1 aliphatic heterocycles. The Labute approximate surface area is 169 Å². The molecule has 2 aromatic rings. The highest BCUT2D eigenvalue weighted by Crippen LogP contribution is 2.30. The standard InChI is InChI=1S/C21H26FN3O4/c1-11(2)16(25-20(27)21(5)9-28-10-21)19-24-17(13(4)29-19)18(26)23-15-8-6-7-14(22)12(15)3/h6-8,11,16H,9-10H2,1-5H3,(H,23,26)(H,25,27)/t16-/m0/s1. The summed E-state index contributed by atoms with van der Waals surface area (Å²) < 4.78 is 24.6. The number of aryl methyl sites for hydroxylation is 1. The van der Waals surface area contributed by atoms with Crippen molar-refractivity contribution in [2.75, 3.05) is 18.5 Å². The van der Waals surface area contributed by atoms with Gasteiger partial charge < -0.3 is 19.8 Å². The summed E-state index contributed by atoms with van der Waals surface area (Å²) in [7, 11) is 0. The van der Waals surface area contributed by atoms with Crippen LogP contribution in [0.5, 0.6) is 0 Å². The van der Waals surface area contributed by atoms with Crippen LogP contribution in [0.4, 0.5) is 10.1 Å². The van der Waals surface area contributed by atoms with Gasteiger partial charge in [0.2, 0.25) is 11.8 Å². The second kappa shape index (κ2) is 7.94. The first-order chi connectivity index (χ1) is 13.6.